The fourth-order valence-corrected chi connectivity index (χ4v) is 0.617. The van der Waals surface area contributed by atoms with E-state index in [0.717, 1.165) is 0 Å². The number of nitrogens with zero attached hydrogens (tertiary/aromatic N) is 1. The molecule has 0 saturated carbocycles. The fraction of sp³-hybridized carbons (Fsp3) is 0.571. The normalized spacial score (nSPS) is 11.4. The SMILES string of the molecule is CC(=CCN)C(=O)N(C)C. The zero-order valence-corrected chi connectivity index (χ0v) is 6.72. The second-order valence-electron chi connectivity index (χ2n) is 2.32. The number of carbonyl (C=O) groups excluding carboxylic acids is 1. The first-order valence-electron chi connectivity index (χ1n) is 3.18. The van der Waals surface area contributed by atoms with Crippen molar-refractivity contribution in [1.82, 2.24) is 4.90 Å². The molecule has 0 radical (unpaired) electrons. The largest absolute Gasteiger partial charge is 0.345 e. The molecule has 2 N–H and O–H groups in total. The van der Waals surface area contributed by atoms with Gasteiger partial charge in [-0.1, -0.05) is 6.08 Å². The fourth-order valence-electron chi connectivity index (χ4n) is 0.617. The number of nitrogens with two attached hydrogens (primary N) is 1. The third kappa shape index (κ3) is 2.64. The maximum absolute atomic E-state index is 11.0. The minimum atomic E-state index is 0.0189. The average molecular weight is 142 g/mol. The lowest BCUT2D eigenvalue weighted by atomic mass is 10.2. The highest BCUT2D eigenvalue weighted by molar-refractivity contribution is 5.92. The van der Waals surface area contributed by atoms with Crippen molar-refractivity contribution in [2.75, 3.05) is 20.6 Å². The summed E-state index contributed by atoms with van der Waals surface area (Å²) < 4.78 is 0. The molecule has 0 fully saturated rings. The van der Waals surface area contributed by atoms with E-state index in [1.165, 1.54) is 4.90 Å². The summed E-state index contributed by atoms with van der Waals surface area (Å²) in [6, 6.07) is 0. The van der Waals surface area contributed by atoms with Crippen molar-refractivity contribution in [3.63, 3.8) is 0 Å². The van der Waals surface area contributed by atoms with Gasteiger partial charge in [0.05, 0.1) is 0 Å². The van der Waals surface area contributed by atoms with E-state index in [1.54, 1.807) is 27.1 Å². The minimum Gasteiger partial charge on any atom is -0.345 e. The van der Waals surface area contributed by atoms with Crippen LogP contribution in [0, 0.1) is 0 Å². The van der Waals surface area contributed by atoms with E-state index in [9.17, 15) is 4.79 Å². The van der Waals surface area contributed by atoms with Gasteiger partial charge in [0.25, 0.3) is 0 Å². The monoisotopic (exact) mass is 142 g/mol. The van der Waals surface area contributed by atoms with E-state index < -0.39 is 0 Å². The van der Waals surface area contributed by atoms with Gasteiger partial charge in [0.15, 0.2) is 0 Å². The van der Waals surface area contributed by atoms with Gasteiger partial charge in [-0.2, -0.15) is 0 Å². The maximum Gasteiger partial charge on any atom is 0.248 e. The highest BCUT2D eigenvalue weighted by Gasteiger charge is 2.03. The maximum atomic E-state index is 11.0. The molecule has 0 saturated heterocycles. The van der Waals surface area contributed by atoms with E-state index in [2.05, 4.69) is 0 Å². The number of hydrogen-bond donors (Lipinski definition) is 1. The number of hydrogen-bond acceptors (Lipinski definition) is 2. The Morgan fingerprint density at radius 3 is 2.40 bits per heavy atom. The Balaban J connectivity index is 4.08. The Hall–Kier alpha value is -0.830. The van der Waals surface area contributed by atoms with Crippen molar-refractivity contribution in [1.29, 1.82) is 0 Å². The van der Waals surface area contributed by atoms with Gasteiger partial charge in [-0.25, -0.2) is 0 Å². The Morgan fingerprint density at radius 2 is 2.10 bits per heavy atom. The Bertz CT molecular complexity index is 150. The first-order valence-corrected chi connectivity index (χ1v) is 3.18. The quantitative estimate of drug-likeness (QED) is 0.551. The summed E-state index contributed by atoms with van der Waals surface area (Å²) in [4.78, 5) is 12.6. The summed E-state index contributed by atoms with van der Waals surface area (Å²) in [5.41, 5.74) is 5.92. The number of carbonyl (C=O) groups is 1. The van der Waals surface area contributed by atoms with E-state index in [4.69, 9.17) is 5.73 Å². The molecule has 0 aliphatic carbocycles. The van der Waals surface area contributed by atoms with Crippen LogP contribution in [0.5, 0.6) is 0 Å². The van der Waals surface area contributed by atoms with Crippen molar-refractivity contribution in [3.05, 3.63) is 11.6 Å². The van der Waals surface area contributed by atoms with Gasteiger partial charge in [-0.05, 0) is 6.92 Å². The predicted octanol–water partition coefficient (Wildman–Crippen LogP) is -0.0204. The van der Waals surface area contributed by atoms with Crippen molar-refractivity contribution in [2.24, 2.45) is 5.73 Å². The Morgan fingerprint density at radius 1 is 1.60 bits per heavy atom. The number of amides is 1. The van der Waals surface area contributed by atoms with Crippen molar-refractivity contribution < 1.29 is 4.79 Å². The predicted molar refractivity (Wildman–Crippen MR) is 41.5 cm³/mol. The molecule has 0 heterocycles. The van der Waals surface area contributed by atoms with Gasteiger partial charge >= 0.3 is 0 Å². The molecule has 0 aromatic rings. The van der Waals surface area contributed by atoms with E-state index >= 15 is 0 Å². The summed E-state index contributed by atoms with van der Waals surface area (Å²) >= 11 is 0. The van der Waals surface area contributed by atoms with Crippen LogP contribution in [-0.2, 0) is 4.79 Å². The van der Waals surface area contributed by atoms with Crippen molar-refractivity contribution in [2.45, 2.75) is 6.92 Å². The van der Waals surface area contributed by atoms with Gasteiger partial charge in [0.1, 0.15) is 0 Å². The highest BCUT2D eigenvalue weighted by atomic mass is 16.2. The first kappa shape index (κ1) is 9.17. The first-order chi connectivity index (χ1) is 4.59. The van der Waals surface area contributed by atoms with Gasteiger partial charge in [-0.15, -0.1) is 0 Å². The average Bonchev–Trinajstić information content (AvgIpc) is 1.87. The van der Waals surface area contributed by atoms with Crippen LogP contribution in [0.25, 0.3) is 0 Å². The van der Waals surface area contributed by atoms with Crippen LogP contribution in [0.4, 0.5) is 0 Å². The molecule has 0 aliphatic heterocycles. The molecule has 0 bridgehead atoms. The molecule has 3 nitrogen and oxygen atoms in total. The molecular weight excluding hydrogens is 128 g/mol. The molecule has 1 amide bonds. The molecule has 0 aliphatic rings. The molecule has 0 aromatic heterocycles. The van der Waals surface area contributed by atoms with Gasteiger partial charge in [0.2, 0.25) is 5.91 Å². The third-order valence-corrected chi connectivity index (χ3v) is 1.17. The lowest BCUT2D eigenvalue weighted by Gasteiger charge is -2.09. The smallest absolute Gasteiger partial charge is 0.248 e. The van der Waals surface area contributed by atoms with E-state index in [0.29, 0.717) is 12.1 Å². The van der Waals surface area contributed by atoms with Gasteiger partial charge < -0.3 is 10.6 Å². The van der Waals surface area contributed by atoms with E-state index in [1.807, 2.05) is 0 Å². The molecular formula is C7H14N2O. The number of likely N-dealkylation sites (N-methyl/N-ethyl adjacent to an activating group) is 1. The minimum absolute atomic E-state index is 0.0189. The molecule has 10 heavy (non-hydrogen) atoms. The molecule has 0 atom stereocenters. The molecule has 58 valence electrons. The molecule has 0 unspecified atom stereocenters. The highest BCUT2D eigenvalue weighted by Crippen LogP contribution is 1.94. The van der Waals surface area contributed by atoms with Crippen LogP contribution >= 0.6 is 0 Å². The summed E-state index contributed by atoms with van der Waals surface area (Å²) in [6.45, 7) is 2.18. The second-order valence-corrected chi connectivity index (χ2v) is 2.32. The van der Waals surface area contributed by atoms with E-state index in [-0.39, 0.29) is 5.91 Å². The van der Waals surface area contributed by atoms with Crippen LogP contribution in [0.1, 0.15) is 6.92 Å². The third-order valence-electron chi connectivity index (χ3n) is 1.17. The van der Waals surface area contributed by atoms with Crippen molar-refractivity contribution >= 4 is 5.91 Å². The van der Waals surface area contributed by atoms with Crippen LogP contribution < -0.4 is 5.73 Å². The Labute approximate surface area is 61.5 Å². The zero-order chi connectivity index (χ0) is 8.15. The second kappa shape index (κ2) is 4.06. The zero-order valence-electron chi connectivity index (χ0n) is 6.72. The van der Waals surface area contributed by atoms with Crippen LogP contribution in [0.15, 0.2) is 11.6 Å². The van der Waals surface area contributed by atoms with Crippen molar-refractivity contribution in [3.8, 4) is 0 Å². The number of rotatable bonds is 2. The lowest BCUT2D eigenvalue weighted by Crippen LogP contribution is -2.22. The van der Waals surface area contributed by atoms with Crippen LogP contribution in [0.3, 0.4) is 0 Å². The van der Waals surface area contributed by atoms with Crippen LogP contribution in [-0.4, -0.2) is 31.4 Å². The topological polar surface area (TPSA) is 46.3 Å². The lowest BCUT2D eigenvalue weighted by molar-refractivity contribution is -0.124. The molecule has 0 aromatic carbocycles. The van der Waals surface area contributed by atoms with Gasteiger partial charge in [-0.3, -0.25) is 4.79 Å². The standard InChI is InChI=1S/C7H14N2O/c1-6(4-5-8)7(10)9(2)3/h4H,5,8H2,1-3H3. The Kier molecular flexibility index (Phi) is 3.72. The molecule has 0 rings (SSSR count). The summed E-state index contributed by atoms with van der Waals surface area (Å²) in [5.74, 6) is 0.0189. The molecule has 0 spiro atoms. The van der Waals surface area contributed by atoms with Gasteiger partial charge in [0, 0.05) is 26.2 Å². The molecule has 3 heteroatoms. The van der Waals surface area contributed by atoms with Crippen LogP contribution in [0.2, 0.25) is 0 Å². The summed E-state index contributed by atoms with van der Waals surface area (Å²) in [5, 5.41) is 0. The summed E-state index contributed by atoms with van der Waals surface area (Å²) in [6.07, 6.45) is 1.71. The summed E-state index contributed by atoms with van der Waals surface area (Å²) in [7, 11) is 3.44.